The highest BCUT2D eigenvalue weighted by atomic mass is 32.1. The number of esters is 1. The molecule has 4 nitrogen and oxygen atoms in total. The maximum Gasteiger partial charge on any atom is 0.350 e. The van der Waals surface area contributed by atoms with E-state index < -0.39 is 5.97 Å². The van der Waals surface area contributed by atoms with Gasteiger partial charge in [0.2, 0.25) is 0 Å². The Balaban J connectivity index is 2.67. The third-order valence-electron chi connectivity index (χ3n) is 3.09. The quantitative estimate of drug-likeness (QED) is 0.877. The smallest absolute Gasteiger partial charge is 0.350 e. The summed E-state index contributed by atoms with van der Waals surface area (Å²) in [6, 6.07) is 7.64. The molecule has 1 aromatic carbocycles. The fourth-order valence-electron chi connectivity index (χ4n) is 2.13. The third kappa shape index (κ3) is 2.36. The van der Waals surface area contributed by atoms with Gasteiger partial charge in [-0.25, -0.2) is 4.79 Å². The van der Waals surface area contributed by atoms with Crippen molar-refractivity contribution in [3.63, 3.8) is 0 Å². The summed E-state index contributed by atoms with van der Waals surface area (Å²) in [5.41, 5.74) is 8.40. The molecule has 20 heavy (non-hydrogen) atoms. The zero-order valence-electron chi connectivity index (χ0n) is 11.7. The van der Waals surface area contributed by atoms with E-state index in [4.69, 9.17) is 15.2 Å². The van der Waals surface area contributed by atoms with Gasteiger partial charge in [-0.05, 0) is 12.5 Å². The second-order valence-corrected chi connectivity index (χ2v) is 5.29. The van der Waals surface area contributed by atoms with E-state index in [1.807, 2.05) is 31.2 Å². The van der Waals surface area contributed by atoms with E-state index in [2.05, 4.69) is 0 Å². The molecule has 0 aliphatic rings. The second-order valence-electron chi connectivity index (χ2n) is 4.19. The molecule has 2 N–H and O–H groups in total. The Kier molecular flexibility index (Phi) is 4.29. The number of carbonyl (C=O) groups is 1. The number of aryl methyl sites for hydroxylation is 1. The molecular formula is C15H17NO3S. The third-order valence-corrected chi connectivity index (χ3v) is 4.42. The van der Waals surface area contributed by atoms with Crippen LogP contribution in [0.5, 0.6) is 5.75 Å². The zero-order valence-corrected chi connectivity index (χ0v) is 12.5. The fraction of sp³-hybridized carbons (Fsp3) is 0.267. The Bertz CT molecular complexity index is 634. The average molecular weight is 291 g/mol. The van der Waals surface area contributed by atoms with Crippen LogP contribution in [-0.2, 0) is 11.2 Å². The molecule has 0 aliphatic heterocycles. The lowest BCUT2D eigenvalue weighted by Crippen LogP contribution is -2.02. The lowest BCUT2D eigenvalue weighted by atomic mass is 10.0. The fourth-order valence-corrected chi connectivity index (χ4v) is 3.22. The van der Waals surface area contributed by atoms with E-state index in [0.717, 1.165) is 28.2 Å². The Labute approximate surface area is 122 Å². The summed E-state index contributed by atoms with van der Waals surface area (Å²) < 4.78 is 10.2. The van der Waals surface area contributed by atoms with Crippen LogP contribution in [0.4, 0.5) is 5.69 Å². The van der Waals surface area contributed by atoms with Gasteiger partial charge in [0.25, 0.3) is 0 Å². The average Bonchev–Trinajstić information content (AvgIpc) is 2.83. The van der Waals surface area contributed by atoms with Crippen LogP contribution in [0.3, 0.4) is 0 Å². The number of methoxy groups -OCH3 is 2. The molecular weight excluding hydrogens is 274 g/mol. The zero-order chi connectivity index (χ0) is 14.7. The van der Waals surface area contributed by atoms with Gasteiger partial charge in [0.15, 0.2) is 0 Å². The first-order valence-electron chi connectivity index (χ1n) is 6.26. The molecule has 0 saturated carbocycles. The number of benzene rings is 1. The molecule has 0 spiro atoms. The van der Waals surface area contributed by atoms with Crippen LogP contribution in [0.2, 0.25) is 0 Å². The predicted molar refractivity (Wildman–Crippen MR) is 81.4 cm³/mol. The number of thiophene rings is 1. The molecule has 0 amide bonds. The van der Waals surface area contributed by atoms with Gasteiger partial charge in [-0.15, -0.1) is 11.3 Å². The van der Waals surface area contributed by atoms with Gasteiger partial charge >= 0.3 is 5.97 Å². The summed E-state index contributed by atoms with van der Waals surface area (Å²) in [6.07, 6.45) is 0.791. The summed E-state index contributed by atoms with van der Waals surface area (Å²) in [6.45, 7) is 2.03. The van der Waals surface area contributed by atoms with E-state index in [1.54, 1.807) is 7.11 Å². The summed E-state index contributed by atoms with van der Waals surface area (Å²) in [5, 5.41) is 0. The minimum atomic E-state index is -0.400. The van der Waals surface area contributed by atoms with Crippen molar-refractivity contribution in [2.24, 2.45) is 0 Å². The molecule has 106 valence electrons. The number of rotatable bonds is 4. The van der Waals surface area contributed by atoms with Crippen LogP contribution >= 0.6 is 11.3 Å². The number of ether oxygens (including phenoxy) is 2. The first-order valence-corrected chi connectivity index (χ1v) is 7.08. The monoisotopic (exact) mass is 291 g/mol. The number of nitrogen functional groups attached to an aromatic ring is 1. The molecule has 0 radical (unpaired) electrons. The lowest BCUT2D eigenvalue weighted by molar-refractivity contribution is 0.0607. The lowest BCUT2D eigenvalue weighted by Gasteiger charge is -2.09. The van der Waals surface area contributed by atoms with Crippen LogP contribution in [-0.4, -0.2) is 20.2 Å². The van der Waals surface area contributed by atoms with Crippen LogP contribution < -0.4 is 10.5 Å². The van der Waals surface area contributed by atoms with Crippen molar-refractivity contribution in [2.45, 2.75) is 13.3 Å². The van der Waals surface area contributed by atoms with Crippen LogP contribution in [0.25, 0.3) is 11.1 Å². The maximum absolute atomic E-state index is 11.8. The first-order chi connectivity index (χ1) is 9.63. The highest BCUT2D eigenvalue weighted by molar-refractivity contribution is 7.15. The van der Waals surface area contributed by atoms with Crippen molar-refractivity contribution in [3.8, 4) is 16.9 Å². The second kappa shape index (κ2) is 5.96. The number of hydrogen-bond donors (Lipinski definition) is 1. The predicted octanol–water partition coefficient (Wildman–Crippen LogP) is 3.35. The van der Waals surface area contributed by atoms with Crippen molar-refractivity contribution in [2.75, 3.05) is 20.0 Å². The van der Waals surface area contributed by atoms with Crippen molar-refractivity contribution >= 4 is 23.0 Å². The Morgan fingerprint density at radius 2 is 2.00 bits per heavy atom. The SMILES string of the molecule is CCc1sc(C(=O)OC)c(N)c1-c1ccccc1OC. The van der Waals surface area contributed by atoms with Gasteiger partial charge in [0.1, 0.15) is 10.6 Å². The van der Waals surface area contributed by atoms with Crippen molar-refractivity contribution in [1.82, 2.24) is 0 Å². The van der Waals surface area contributed by atoms with Gasteiger partial charge in [0.05, 0.1) is 19.9 Å². The molecule has 0 aliphatic carbocycles. The van der Waals surface area contributed by atoms with Crippen molar-refractivity contribution < 1.29 is 14.3 Å². The molecule has 0 saturated heterocycles. The van der Waals surface area contributed by atoms with Gasteiger partial charge in [-0.3, -0.25) is 0 Å². The molecule has 0 bridgehead atoms. The molecule has 2 rings (SSSR count). The topological polar surface area (TPSA) is 61.5 Å². The summed E-state index contributed by atoms with van der Waals surface area (Å²) in [4.78, 5) is 13.3. The Morgan fingerprint density at radius 1 is 1.30 bits per heavy atom. The maximum atomic E-state index is 11.8. The van der Waals surface area contributed by atoms with Crippen LogP contribution in [0.15, 0.2) is 24.3 Å². The summed E-state index contributed by atoms with van der Waals surface area (Å²) in [5.74, 6) is 0.339. The number of anilines is 1. The molecule has 1 heterocycles. The number of nitrogens with two attached hydrogens (primary N) is 1. The largest absolute Gasteiger partial charge is 0.496 e. The van der Waals surface area contributed by atoms with Gasteiger partial charge in [-0.1, -0.05) is 25.1 Å². The molecule has 2 aromatic rings. The van der Waals surface area contributed by atoms with E-state index in [9.17, 15) is 4.79 Å². The van der Waals surface area contributed by atoms with E-state index in [0.29, 0.717) is 10.6 Å². The van der Waals surface area contributed by atoms with E-state index in [1.165, 1.54) is 18.4 Å². The number of carbonyl (C=O) groups excluding carboxylic acids is 1. The number of para-hydroxylation sites is 1. The molecule has 1 aromatic heterocycles. The minimum Gasteiger partial charge on any atom is -0.496 e. The first kappa shape index (κ1) is 14.4. The van der Waals surface area contributed by atoms with Gasteiger partial charge in [-0.2, -0.15) is 0 Å². The summed E-state index contributed by atoms with van der Waals surface area (Å²) >= 11 is 1.38. The Hall–Kier alpha value is -2.01. The van der Waals surface area contributed by atoms with Crippen molar-refractivity contribution in [1.29, 1.82) is 0 Å². The van der Waals surface area contributed by atoms with E-state index in [-0.39, 0.29) is 0 Å². The van der Waals surface area contributed by atoms with Crippen molar-refractivity contribution in [3.05, 3.63) is 34.0 Å². The van der Waals surface area contributed by atoms with Gasteiger partial charge in [0, 0.05) is 16.0 Å². The minimum absolute atomic E-state index is 0.400. The molecule has 0 atom stereocenters. The molecule has 0 unspecified atom stereocenters. The van der Waals surface area contributed by atoms with Gasteiger partial charge < -0.3 is 15.2 Å². The van der Waals surface area contributed by atoms with E-state index >= 15 is 0 Å². The van der Waals surface area contributed by atoms with Crippen LogP contribution in [0, 0.1) is 0 Å². The standard InChI is InChI=1S/C15H17NO3S/c1-4-11-12(9-7-5-6-8-10(9)18-2)13(16)14(20-11)15(17)19-3/h5-8H,4,16H2,1-3H3. The normalized spacial score (nSPS) is 10.3. The Morgan fingerprint density at radius 3 is 2.60 bits per heavy atom. The summed E-state index contributed by atoms with van der Waals surface area (Å²) in [7, 11) is 2.98. The number of hydrogen-bond acceptors (Lipinski definition) is 5. The highest BCUT2D eigenvalue weighted by Gasteiger charge is 2.23. The molecule has 5 heteroatoms. The highest BCUT2D eigenvalue weighted by Crippen LogP contribution is 2.43. The van der Waals surface area contributed by atoms with Crippen LogP contribution in [0.1, 0.15) is 21.5 Å². The molecule has 0 fully saturated rings.